The van der Waals surface area contributed by atoms with Crippen molar-refractivity contribution in [1.82, 2.24) is 9.97 Å². The molecule has 1 aliphatic heterocycles. The molecule has 0 aromatic carbocycles. The number of hydrogen-bond donors (Lipinski definition) is 0. The second-order valence-electron chi connectivity index (χ2n) is 4.53. The van der Waals surface area contributed by atoms with Gasteiger partial charge < -0.3 is 4.90 Å². The Balaban J connectivity index is 2.14. The smallest absolute Gasteiger partial charge is 0.133 e. The molecule has 0 N–H and O–H groups in total. The topological polar surface area (TPSA) is 29.0 Å². The highest BCUT2D eigenvalue weighted by atomic mass is 79.9. The Labute approximate surface area is 99.0 Å². The van der Waals surface area contributed by atoms with Crippen LogP contribution in [0.15, 0.2) is 17.0 Å². The number of anilines is 1. The molecule has 1 atom stereocenters. The van der Waals surface area contributed by atoms with Crippen molar-refractivity contribution in [3.63, 3.8) is 0 Å². The molecule has 0 bridgehead atoms. The molecule has 0 spiro atoms. The first-order valence-corrected chi connectivity index (χ1v) is 6.15. The largest absolute Gasteiger partial charge is 0.356 e. The Morgan fingerprint density at radius 2 is 2.33 bits per heavy atom. The minimum absolute atomic E-state index is 0.456. The first-order chi connectivity index (χ1) is 7.13. The van der Waals surface area contributed by atoms with Crippen LogP contribution in [0, 0.1) is 5.41 Å². The van der Waals surface area contributed by atoms with E-state index in [9.17, 15) is 0 Å². The molecule has 0 amide bonds. The molecule has 1 saturated heterocycles. The van der Waals surface area contributed by atoms with Crippen LogP contribution >= 0.6 is 15.9 Å². The van der Waals surface area contributed by atoms with Gasteiger partial charge in [-0.25, -0.2) is 9.97 Å². The van der Waals surface area contributed by atoms with Gasteiger partial charge in [0.1, 0.15) is 16.7 Å². The third kappa shape index (κ3) is 2.30. The maximum absolute atomic E-state index is 4.31. The molecule has 1 aliphatic rings. The van der Waals surface area contributed by atoms with Gasteiger partial charge in [0.2, 0.25) is 0 Å². The summed E-state index contributed by atoms with van der Waals surface area (Å²) in [4.78, 5) is 10.7. The molecule has 0 aliphatic carbocycles. The van der Waals surface area contributed by atoms with Crippen molar-refractivity contribution in [3.05, 3.63) is 17.0 Å². The molecule has 2 heterocycles. The predicted molar refractivity (Wildman–Crippen MR) is 65.0 cm³/mol. The van der Waals surface area contributed by atoms with Crippen molar-refractivity contribution in [2.75, 3.05) is 18.0 Å². The lowest BCUT2D eigenvalue weighted by Gasteiger charge is -2.23. The van der Waals surface area contributed by atoms with E-state index in [1.807, 2.05) is 6.07 Å². The SMILES string of the molecule is CCC1(C)CCN(c2cc(Br)ncn2)C1. The van der Waals surface area contributed by atoms with E-state index < -0.39 is 0 Å². The van der Waals surface area contributed by atoms with Gasteiger partial charge in [-0.1, -0.05) is 13.8 Å². The summed E-state index contributed by atoms with van der Waals surface area (Å²) in [7, 11) is 0. The van der Waals surface area contributed by atoms with Crippen molar-refractivity contribution >= 4 is 21.7 Å². The van der Waals surface area contributed by atoms with E-state index in [4.69, 9.17) is 0 Å². The number of rotatable bonds is 2. The molecule has 1 fully saturated rings. The van der Waals surface area contributed by atoms with Gasteiger partial charge in [-0.3, -0.25) is 0 Å². The highest BCUT2D eigenvalue weighted by molar-refractivity contribution is 9.10. The molecular formula is C11H16BrN3. The lowest BCUT2D eigenvalue weighted by Crippen LogP contribution is -2.24. The van der Waals surface area contributed by atoms with Crippen LogP contribution in [0.1, 0.15) is 26.7 Å². The Hall–Kier alpha value is -0.640. The first-order valence-electron chi connectivity index (χ1n) is 5.35. The molecule has 3 nitrogen and oxygen atoms in total. The van der Waals surface area contributed by atoms with Crippen molar-refractivity contribution in [2.45, 2.75) is 26.7 Å². The van der Waals surface area contributed by atoms with Crippen molar-refractivity contribution in [3.8, 4) is 0 Å². The lowest BCUT2D eigenvalue weighted by atomic mass is 9.87. The quantitative estimate of drug-likeness (QED) is 0.774. The standard InChI is InChI=1S/C11H16BrN3/c1-3-11(2)4-5-15(7-11)10-6-9(12)13-8-14-10/h6,8H,3-5,7H2,1-2H3. The van der Waals surface area contributed by atoms with Crippen molar-refractivity contribution in [1.29, 1.82) is 0 Å². The highest BCUT2D eigenvalue weighted by Crippen LogP contribution is 2.35. The van der Waals surface area contributed by atoms with Crippen LogP contribution < -0.4 is 4.90 Å². The fraction of sp³-hybridized carbons (Fsp3) is 0.636. The summed E-state index contributed by atoms with van der Waals surface area (Å²) in [5, 5.41) is 0. The van der Waals surface area contributed by atoms with E-state index in [0.717, 1.165) is 23.5 Å². The molecule has 82 valence electrons. The molecule has 0 radical (unpaired) electrons. The molecule has 1 aromatic rings. The molecule has 15 heavy (non-hydrogen) atoms. The number of hydrogen-bond acceptors (Lipinski definition) is 3. The van der Waals surface area contributed by atoms with Crippen LogP contribution in [-0.2, 0) is 0 Å². The van der Waals surface area contributed by atoms with Gasteiger partial charge in [0.25, 0.3) is 0 Å². The summed E-state index contributed by atoms with van der Waals surface area (Å²) in [5.41, 5.74) is 0.456. The Morgan fingerprint density at radius 3 is 2.93 bits per heavy atom. The number of aromatic nitrogens is 2. The molecule has 0 saturated carbocycles. The average Bonchev–Trinajstić information content (AvgIpc) is 2.62. The zero-order valence-corrected chi connectivity index (χ0v) is 10.8. The Morgan fingerprint density at radius 1 is 1.53 bits per heavy atom. The van der Waals surface area contributed by atoms with Gasteiger partial charge >= 0.3 is 0 Å². The zero-order valence-electron chi connectivity index (χ0n) is 9.20. The summed E-state index contributed by atoms with van der Waals surface area (Å²) < 4.78 is 0.859. The van der Waals surface area contributed by atoms with Crippen LogP contribution in [0.3, 0.4) is 0 Å². The fourth-order valence-electron chi connectivity index (χ4n) is 2.01. The highest BCUT2D eigenvalue weighted by Gasteiger charge is 2.32. The molecular weight excluding hydrogens is 254 g/mol. The van der Waals surface area contributed by atoms with Gasteiger partial charge in [-0.15, -0.1) is 0 Å². The minimum Gasteiger partial charge on any atom is -0.356 e. The van der Waals surface area contributed by atoms with Crippen LogP contribution in [0.5, 0.6) is 0 Å². The maximum Gasteiger partial charge on any atom is 0.133 e. The summed E-state index contributed by atoms with van der Waals surface area (Å²) in [5.74, 6) is 1.04. The molecule has 2 rings (SSSR count). The summed E-state index contributed by atoms with van der Waals surface area (Å²) >= 11 is 3.38. The van der Waals surface area contributed by atoms with Gasteiger partial charge in [-0.05, 0) is 34.2 Å². The summed E-state index contributed by atoms with van der Waals surface area (Å²) in [6.07, 6.45) is 4.10. The molecule has 4 heteroatoms. The lowest BCUT2D eigenvalue weighted by molar-refractivity contribution is 0.355. The second-order valence-corrected chi connectivity index (χ2v) is 5.35. The van der Waals surface area contributed by atoms with E-state index in [-0.39, 0.29) is 0 Å². The predicted octanol–water partition coefficient (Wildman–Crippen LogP) is 2.87. The molecule has 1 aromatic heterocycles. The third-order valence-electron chi connectivity index (χ3n) is 3.35. The van der Waals surface area contributed by atoms with Crippen molar-refractivity contribution in [2.24, 2.45) is 5.41 Å². The van der Waals surface area contributed by atoms with E-state index in [0.29, 0.717) is 5.41 Å². The van der Waals surface area contributed by atoms with Gasteiger partial charge in [0, 0.05) is 19.2 Å². The minimum atomic E-state index is 0.456. The zero-order chi connectivity index (χ0) is 10.9. The maximum atomic E-state index is 4.31. The Bertz CT molecular complexity index is 355. The van der Waals surface area contributed by atoms with Crippen LogP contribution in [0.4, 0.5) is 5.82 Å². The van der Waals surface area contributed by atoms with Crippen LogP contribution in [-0.4, -0.2) is 23.1 Å². The van der Waals surface area contributed by atoms with Crippen molar-refractivity contribution < 1.29 is 0 Å². The number of nitrogens with zero attached hydrogens (tertiary/aromatic N) is 3. The van der Waals surface area contributed by atoms with Gasteiger partial charge in [-0.2, -0.15) is 0 Å². The van der Waals surface area contributed by atoms with E-state index in [2.05, 4.69) is 44.6 Å². The van der Waals surface area contributed by atoms with Crippen LogP contribution in [0.2, 0.25) is 0 Å². The Kier molecular flexibility index (Phi) is 2.96. The first kappa shape index (κ1) is 10.9. The summed E-state index contributed by atoms with van der Waals surface area (Å²) in [6, 6.07) is 1.99. The van der Waals surface area contributed by atoms with E-state index in [1.54, 1.807) is 6.33 Å². The second kappa shape index (κ2) is 4.08. The van der Waals surface area contributed by atoms with Gasteiger partial charge in [0.15, 0.2) is 0 Å². The fourth-order valence-corrected chi connectivity index (χ4v) is 2.30. The van der Waals surface area contributed by atoms with Gasteiger partial charge in [0.05, 0.1) is 0 Å². The average molecular weight is 270 g/mol. The normalized spacial score (nSPS) is 25.9. The monoisotopic (exact) mass is 269 g/mol. The third-order valence-corrected chi connectivity index (χ3v) is 3.79. The van der Waals surface area contributed by atoms with Crippen LogP contribution in [0.25, 0.3) is 0 Å². The summed E-state index contributed by atoms with van der Waals surface area (Å²) in [6.45, 7) is 6.82. The number of halogens is 1. The van der Waals surface area contributed by atoms with E-state index >= 15 is 0 Å². The molecule has 1 unspecified atom stereocenters. The van der Waals surface area contributed by atoms with E-state index in [1.165, 1.54) is 12.8 Å².